The number of Topliss-reactive ketones (excluding diaryl/α,β-unsaturated/α-hetero) is 1. The fraction of sp³-hybridized carbons (Fsp3) is 0.0625. The maximum absolute atomic E-state index is 12.5. The van der Waals surface area contributed by atoms with Crippen molar-refractivity contribution in [1.82, 2.24) is 0 Å². The highest BCUT2D eigenvalue weighted by Gasteiger charge is 2.23. The first kappa shape index (κ1) is 14.5. The van der Waals surface area contributed by atoms with E-state index in [9.17, 15) is 4.79 Å². The van der Waals surface area contributed by atoms with Gasteiger partial charge in [0.05, 0.1) is 5.56 Å². The number of hydrogen-bond donors (Lipinski definition) is 0. The second-order valence-corrected chi connectivity index (χ2v) is 5.87. The molecule has 1 aliphatic heterocycles. The highest BCUT2D eigenvalue weighted by Crippen LogP contribution is 2.31. The van der Waals surface area contributed by atoms with Crippen LogP contribution in [0.4, 0.5) is 0 Å². The van der Waals surface area contributed by atoms with Gasteiger partial charge in [0.15, 0.2) is 5.78 Å². The molecule has 0 radical (unpaired) electrons. The third-order valence-electron chi connectivity index (χ3n) is 3.15. The molecule has 0 aliphatic carbocycles. The van der Waals surface area contributed by atoms with Crippen molar-refractivity contribution in [3.05, 3.63) is 68.2 Å². The number of benzene rings is 2. The van der Waals surface area contributed by atoms with Crippen LogP contribution in [-0.4, -0.2) is 12.4 Å². The largest absolute Gasteiger partial charge is 0.488 e. The first-order valence-corrected chi connectivity index (χ1v) is 7.30. The Morgan fingerprint density at radius 1 is 1.00 bits per heavy atom. The van der Waals surface area contributed by atoms with Gasteiger partial charge in [-0.05, 0) is 42.0 Å². The third kappa shape index (κ3) is 2.93. The van der Waals surface area contributed by atoms with Crippen LogP contribution in [0.3, 0.4) is 0 Å². The van der Waals surface area contributed by atoms with E-state index >= 15 is 0 Å². The first-order chi connectivity index (χ1) is 10.0. The van der Waals surface area contributed by atoms with Crippen molar-refractivity contribution in [3.63, 3.8) is 0 Å². The third-order valence-corrected chi connectivity index (χ3v) is 3.95. The van der Waals surface area contributed by atoms with Gasteiger partial charge < -0.3 is 4.74 Å². The molecule has 2 aromatic carbocycles. The Bertz CT molecular complexity index is 766. The normalized spacial score (nSPS) is 15.8. The van der Waals surface area contributed by atoms with E-state index in [4.69, 9.17) is 39.5 Å². The molecule has 3 rings (SSSR count). The topological polar surface area (TPSA) is 26.3 Å². The molecule has 106 valence electrons. The lowest BCUT2D eigenvalue weighted by atomic mass is 9.98. The van der Waals surface area contributed by atoms with E-state index in [0.29, 0.717) is 32.0 Å². The summed E-state index contributed by atoms with van der Waals surface area (Å²) in [4.78, 5) is 12.5. The van der Waals surface area contributed by atoms with Gasteiger partial charge in [0.1, 0.15) is 12.4 Å². The lowest BCUT2D eigenvalue weighted by Crippen LogP contribution is -2.19. The van der Waals surface area contributed by atoms with E-state index in [1.54, 1.807) is 42.5 Å². The molecule has 5 heteroatoms. The molecule has 0 N–H and O–H groups in total. The van der Waals surface area contributed by atoms with Crippen molar-refractivity contribution in [2.24, 2.45) is 0 Å². The van der Waals surface area contributed by atoms with E-state index in [1.807, 2.05) is 0 Å². The monoisotopic (exact) mass is 338 g/mol. The van der Waals surface area contributed by atoms with Crippen LogP contribution < -0.4 is 4.74 Å². The van der Waals surface area contributed by atoms with E-state index in [-0.39, 0.29) is 12.4 Å². The maximum Gasteiger partial charge on any atom is 0.196 e. The summed E-state index contributed by atoms with van der Waals surface area (Å²) in [6.45, 7) is 0.201. The van der Waals surface area contributed by atoms with E-state index in [0.717, 1.165) is 5.56 Å². The fourth-order valence-corrected chi connectivity index (χ4v) is 2.75. The average Bonchev–Trinajstić information content (AvgIpc) is 2.45. The van der Waals surface area contributed by atoms with Gasteiger partial charge in [-0.2, -0.15) is 0 Å². The standard InChI is InChI=1S/C16H9Cl3O2/c17-11-3-4-15-13(6-11)16(20)10(8-21-15)5-9-1-2-12(18)7-14(9)19/h1-7H,8H2. The summed E-state index contributed by atoms with van der Waals surface area (Å²) < 4.78 is 5.58. The predicted molar refractivity (Wildman–Crippen MR) is 85.7 cm³/mol. The summed E-state index contributed by atoms with van der Waals surface area (Å²) in [6, 6.07) is 10.1. The van der Waals surface area contributed by atoms with Crippen LogP contribution in [0.2, 0.25) is 15.1 Å². The minimum Gasteiger partial charge on any atom is -0.488 e. The molecule has 0 atom stereocenters. The van der Waals surface area contributed by atoms with Crippen LogP contribution in [0.1, 0.15) is 15.9 Å². The maximum atomic E-state index is 12.5. The summed E-state index contributed by atoms with van der Waals surface area (Å²) >= 11 is 17.9. The number of ether oxygens (including phenoxy) is 1. The molecular formula is C16H9Cl3O2. The van der Waals surface area contributed by atoms with Gasteiger partial charge in [-0.25, -0.2) is 0 Å². The minimum atomic E-state index is -0.107. The highest BCUT2D eigenvalue weighted by atomic mass is 35.5. The molecule has 2 aromatic rings. The average molecular weight is 340 g/mol. The number of rotatable bonds is 1. The lowest BCUT2D eigenvalue weighted by Gasteiger charge is -2.19. The first-order valence-electron chi connectivity index (χ1n) is 6.17. The van der Waals surface area contributed by atoms with Crippen molar-refractivity contribution in [3.8, 4) is 5.75 Å². The summed E-state index contributed by atoms with van der Waals surface area (Å²) in [6.07, 6.45) is 1.71. The number of carbonyl (C=O) groups excluding carboxylic acids is 1. The Labute approximate surface area is 136 Å². The zero-order valence-corrected chi connectivity index (χ0v) is 13.0. The summed E-state index contributed by atoms with van der Waals surface area (Å²) in [5.74, 6) is 0.438. The van der Waals surface area contributed by atoms with E-state index in [1.165, 1.54) is 0 Å². The molecule has 0 fully saturated rings. The van der Waals surface area contributed by atoms with E-state index in [2.05, 4.69) is 0 Å². The van der Waals surface area contributed by atoms with Gasteiger partial charge >= 0.3 is 0 Å². The Kier molecular flexibility index (Phi) is 3.94. The summed E-state index contributed by atoms with van der Waals surface area (Å²) in [7, 11) is 0. The van der Waals surface area contributed by atoms with Gasteiger partial charge in [0.2, 0.25) is 0 Å². The van der Waals surface area contributed by atoms with Crippen LogP contribution in [-0.2, 0) is 0 Å². The zero-order valence-electron chi connectivity index (χ0n) is 10.7. The second-order valence-electron chi connectivity index (χ2n) is 4.59. The summed E-state index contributed by atoms with van der Waals surface area (Å²) in [5.41, 5.74) is 1.71. The smallest absolute Gasteiger partial charge is 0.196 e. The molecular weight excluding hydrogens is 331 g/mol. The van der Waals surface area contributed by atoms with Crippen LogP contribution in [0.5, 0.6) is 5.75 Å². The van der Waals surface area contributed by atoms with Crippen LogP contribution in [0, 0.1) is 0 Å². The van der Waals surface area contributed by atoms with Crippen LogP contribution in [0.15, 0.2) is 42.0 Å². The molecule has 0 bridgehead atoms. The van der Waals surface area contributed by atoms with Gasteiger partial charge in [0, 0.05) is 20.6 Å². The fourth-order valence-electron chi connectivity index (χ4n) is 2.11. The Morgan fingerprint density at radius 3 is 2.48 bits per heavy atom. The van der Waals surface area contributed by atoms with Crippen molar-refractivity contribution >= 4 is 46.7 Å². The number of carbonyl (C=O) groups is 1. The SMILES string of the molecule is O=C1C(=Cc2ccc(Cl)cc2Cl)COc2ccc(Cl)cc21. The zero-order chi connectivity index (χ0) is 15.0. The van der Waals surface area contributed by atoms with Crippen LogP contribution >= 0.6 is 34.8 Å². The van der Waals surface area contributed by atoms with Crippen LogP contribution in [0.25, 0.3) is 6.08 Å². The second kappa shape index (κ2) is 5.72. The lowest BCUT2D eigenvalue weighted by molar-refractivity contribution is 0.100. The molecule has 1 aliphatic rings. The molecule has 0 saturated heterocycles. The van der Waals surface area contributed by atoms with Crippen molar-refractivity contribution in [2.75, 3.05) is 6.61 Å². The molecule has 0 saturated carbocycles. The molecule has 2 nitrogen and oxygen atoms in total. The molecule has 1 heterocycles. The molecule has 21 heavy (non-hydrogen) atoms. The molecule has 0 amide bonds. The highest BCUT2D eigenvalue weighted by molar-refractivity contribution is 6.35. The van der Waals surface area contributed by atoms with Gasteiger partial charge in [0.25, 0.3) is 0 Å². The van der Waals surface area contributed by atoms with Crippen molar-refractivity contribution in [2.45, 2.75) is 0 Å². The van der Waals surface area contributed by atoms with Crippen molar-refractivity contribution in [1.29, 1.82) is 0 Å². The number of fused-ring (bicyclic) bond motifs is 1. The number of ketones is 1. The quantitative estimate of drug-likeness (QED) is 0.659. The Balaban J connectivity index is 2.01. The van der Waals surface area contributed by atoms with Gasteiger partial charge in [-0.1, -0.05) is 40.9 Å². The predicted octanol–water partition coefficient (Wildman–Crippen LogP) is 5.31. The number of hydrogen-bond acceptors (Lipinski definition) is 2. The van der Waals surface area contributed by atoms with Gasteiger partial charge in [-0.15, -0.1) is 0 Å². The summed E-state index contributed by atoms with van der Waals surface area (Å²) in [5, 5.41) is 1.53. The Hall–Kier alpha value is -1.48. The molecule has 0 spiro atoms. The molecule has 0 unspecified atom stereocenters. The minimum absolute atomic E-state index is 0.107. The van der Waals surface area contributed by atoms with Gasteiger partial charge in [-0.3, -0.25) is 4.79 Å². The number of halogens is 3. The molecule has 0 aromatic heterocycles. The Morgan fingerprint density at radius 2 is 1.71 bits per heavy atom. The van der Waals surface area contributed by atoms with Crippen molar-refractivity contribution < 1.29 is 9.53 Å². The van der Waals surface area contributed by atoms with E-state index < -0.39 is 0 Å².